The predicted octanol–water partition coefficient (Wildman–Crippen LogP) is 0.733. The Morgan fingerprint density at radius 3 is 2.54 bits per heavy atom. The fraction of sp³-hybridized carbons (Fsp3) is 0.412. The summed E-state index contributed by atoms with van der Waals surface area (Å²) >= 11 is 0. The second kappa shape index (κ2) is 6.32. The summed E-state index contributed by atoms with van der Waals surface area (Å²) in [4.78, 5) is 34.0. The van der Waals surface area contributed by atoms with Gasteiger partial charge in [-0.15, -0.1) is 0 Å². The lowest BCUT2D eigenvalue weighted by molar-refractivity contribution is 0.0745. The van der Waals surface area contributed by atoms with Gasteiger partial charge in [-0.25, -0.2) is 19.9 Å². The molecule has 1 aliphatic rings. The predicted molar refractivity (Wildman–Crippen MR) is 95.9 cm³/mol. The Bertz CT molecular complexity index is 974. The number of aromatic nitrogens is 6. The molecule has 1 aliphatic heterocycles. The Balaban J connectivity index is 1.51. The molecule has 3 aromatic rings. The SMILES string of the molecule is Cc1ncc(C(=O)N2CCN(c3ncnc4c3cnn4C)CC2)c(C)n1. The summed E-state index contributed by atoms with van der Waals surface area (Å²) in [6.45, 7) is 6.33. The average molecular weight is 352 g/mol. The third kappa shape index (κ3) is 2.75. The van der Waals surface area contributed by atoms with Crippen molar-refractivity contribution >= 4 is 22.8 Å². The molecule has 134 valence electrons. The van der Waals surface area contributed by atoms with Crippen molar-refractivity contribution in [3.05, 3.63) is 35.8 Å². The van der Waals surface area contributed by atoms with Crippen LogP contribution < -0.4 is 4.90 Å². The van der Waals surface area contributed by atoms with E-state index in [-0.39, 0.29) is 5.91 Å². The third-order valence-corrected chi connectivity index (χ3v) is 4.71. The maximum Gasteiger partial charge on any atom is 0.257 e. The molecule has 9 heteroatoms. The first-order valence-corrected chi connectivity index (χ1v) is 8.52. The van der Waals surface area contributed by atoms with Crippen LogP contribution in [0, 0.1) is 13.8 Å². The topological polar surface area (TPSA) is 92.9 Å². The molecule has 0 aliphatic carbocycles. The van der Waals surface area contributed by atoms with E-state index in [2.05, 4.69) is 29.9 Å². The Kier molecular flexibility index (Phi) is 3.98. The number of rotatable bonds is 2. The van der Waals surface area contributed by atoms with Gasteiger partial charge < -0.3 is 9.80 Å². The molecule has 3 aromatic heterocycles. The van der Waals surface area contributed by atoms with E-state index in [4.69, 9.17) is 0 Å². The molecule has 0 saturated carbocycles. The van der Waals surface area contributed by atoms with Crippen molar-refractivity contribution in [3.63, 3.8) is 0 Å². The van der Waals surface area contributed by atoms with Crippen molar-refractivity contribution in [2.75, 3.05) is 31.1 Å². The highest BCUT2D eigenvalue weighted by Gasteiger charge is 2.25. The van der Waals surface area contributed by atoms with Crippen LogP contribution >= 0.6 is 0 Å². The van der Waals surface area contributed by atoms with Crippen molar-refractivity contribution in [1.82, 2.24) is 34.6 Å². The van der Waals surface area contributed by atoms with Crippen LogP contribution in [0.4, 0.5) is 5.82 Å². The highest BCUT2D eigenvalue weighted by Crippen LogP contribution is 2.23. The first-order valence-electron chi connectivity index (χ1n) is 8.52. The van der Waals surface area contributed by atoms with Gasteiger partial charge in [0.05, 0.1) is 22.8 Å². The number of nitrogens with zero attached hydrogens (tertiary/aromatic N) is 8. The van der Waals surface area contributed by atoms with Crippen LogP contribution in [0.5, 0.6) is 0 Å². The van der Waals surface area contributed by atoms with Gasteiger partial charge in [-0.1, -0.05) is 0 Å². The average Bonchev–Trinajstić information content (AvgIpc) is 3.03. The molecule has 1 amide bonds. The number of aryl methyl sites for hydroxylation is 3. The minimum atomic E-state index is -0.0173. The summed E-state index contributed by atoms with van der Waals surface area (Å²) < 4.78 is 1.74. The van der Waals surface area contributed by atoms with E-state index in [0.29, 0.717) is 37.6 Å². The van der Waals surface area contributed by atoms with E-state index in [1.165, 1.54) is 0 Å². The van der Waals surface area contributed by atoms with E-state index in [9.17, 15) is 4.79 Å². The molecule has 0 unspecified atom stereocenters. The van der Waals surface area contributed by atoms with Crippen LogP contribution in [0.1, 0.15) is 21.9 Å². The van der Waals surface area contributed by atoms with E-state index in [0.717, 1.165) is 22.5 Å². The van der Waals surface area contributed by atoms with Crippen molar-refractivity contribution in [1.29, 1.82) is 0 Å². The number of carbonyl (C=O) groups excluding carboxylic acids is 1. The molecule has 0 bridgehead atoms. The number of hydrogen-bond acceptors (Lipinski definition) is 7. The lowest BCUT2D eigenvalue weighted by Crippen LogP contribution is -2.49. The standard InChI is InChI=1S/C17H20N8O/c1-11-13(8-18-12(2)22-11)17(26)25-6-4-24(5-7-25)16-14-9-21-23(3)15(14)19-10-20-16/h8-10H,4-7H2,1-3H3. The maximum atomic E-state index is 12.8. The molecule has 1 saturated heterocycles. The number of amides is 1. The summed E-state index contributed by atoms with van der Waals surface area (Å²) in [5, 5.41) is 5.19. The molecule has 0 aromatic carbocycles. The Morgan fingerprint density at radius 1 is 1.04 bits per heavy atom. The highest BCUT2D eigenvalue weighted by atomic mass is 16.2. The number of fused-ring (bicyclic) bond motifs is 1. The summed E-state index contributed by atoms with van der Waals surface area (Å²) in [5.74, 6) is 1.52. The molecule has 1 fully saturated rings. The van der Waals surface area contributed by atoms with Gasteiger partial charge in [-0.05, 0) is 13.8 Å². The number of carbonyl (C=O) groups is 1. The Morgan fingerprint density at radius 2 is 1.81 bits per heavy atom. The lowest BCUT2D eigenvalue weighted by atomic mass is 10.2. The Labute approximate surface area is 150 Å². The zero-order valence-corrected chi connectivity index (χ0v) is 15.0. The molecule has 4 heterocycles. The van der Waals surface area contributed by atoms with Crippen LogP contribution in [0.3, 0.4) is 0 Å². The lowest BCUT2D eigenvalue weighted by Gasteiger charge is -2.35. The third-order valence-electron chi connectivity index (χ3n) is 4.71. The minimum Gasteiger partial charge on any atom is -0.352 e. The quantitative estimate of drug-likeness (QED) is 0.671. The minimum absolute atomic E-state index is 0.0173. The zero-order chi connectivity index (χ0) is 18.3. The largest absolute Gasteiger partial charge is 0.352 e. The second-order valence-corrected chi connectivity index (χ2v) is 6.40. The first kappa shape index (κ1) is 16.4. The number of anilines is 1. The molecule has 0 atom stereocenters. The summed E-state index contributed by atoms with van der Waals surface area (Å²) in [5.41, 5.74) is 2.10. The van der Waals surface area contributed by atoms with Crippen LogP contribution in [0.15, 0.2) is 18.7 Å². The molecule has 26 heavy (non-hydrogen) atoms. The van der Waals surface area contributed by atoms with Gasteiger partial charge in [-0.2, -0.15) is 5.10 Å². The Hall–Kier alpha value is -3.10. The van der Waals surface area contributed by atoms with Crippen molar-refractivity contribution in [2.45, 2.75) is 13.8 Å². The molecule has 0 N–H and O–H groups in total. The highest BCUT2D eigenvalue weighted by molar-refractivity contribution is 5.95. The van der Waals surface area contributed by atoms with Gasteiger partial charge >= 0.3 is 0 Å². The van der Waals surface area contributed by atoms with Gasteiger partial charge in [0.2, 0.25) is 0 Å². The van der Waals surface area contributed by atoms with Crippen molar-refractivity contribution < 1.29 is 4.79 Å². The van der Waals surface area contributed by atoms with E-state index in [1.54, 1.807) is 23.4 Å². The van der Waals surface area contributed by atoms with Crippen LogP contribution in [0.2, 0.25) is 0 Å². The summed E-state index contributed by atoms with van der Waals surface area (Å²) in [6.07, 6.45) is 4.97. The smallest absolute Gasteiger partial charge is 0.257 e. The summed E-state index contributed by atoms with van der Waals surface area (Å²) in [6, 6.07) is 0. The van der Waals surface area contributed by atoms with Crippen LogP contribution in [0.25, 0.3) is 11.0 Å². The van der Waals surface area contributed by atoms with E-state index >= 15 is 0 Å². The molecule has 4 rings (SSSR count). The molecule has 0 radical (unpaired) electrons. The van der Waals surface area contributed by atoms with Crippen LogP contribution in [-0.2, 0) is 7.05 Å². The maximum absolute atomic E-state index is 12.8. The fourth-order valence-corrected chi connectivity index (χ4v) is 3.29. The monoisotopic (exact) mass is 352 g/mol. The van der Waals surface area contributed by atoms with Gasteiger partial charge in [0.15, 0.2) is 5.65 Å². The molecule has 9 nitrogen and oxygen atoms in total. The fourth-order valence-electron chi connectivity index (χ4n) is 3.29. The molecular weight excluding hydrogens is 332 g/mol. The van der Waals surface area contributed by atoms with E-state index in [1.807, 2.05) is 25.8 Å². The van der Waals surface area contributed by atoms with Gasteiger partial charge in [0.25, 0.3) is 5.91 Å². The van der Waals surface area contributed by atoms with Gasteiger partial charge in [-0.3, -0.25) is 9.48 Å². The van der Waals surface area contributed by atoms with Crippen molar-refractivity contribution in [3.8, 4) is 0 Å². The van der Waals surface area contributed by atoms with Gasteiger partial charge in [0.1, 0.15) is 18.0 Å². The van der Waals surface area contributed by atoms with Crippen LogP contribution in [-0.4, -0.2) is 66.7 Å². The summed E-state index contributed by atoms with van der Waals surface area (Å²) in [7, 11) is 1.86. The van der Waals surface area contributed by atoms with E-state index < -0.39 is 0 Å². The second-order valence-electron chi connectivity index (χ2n) is 6.40. The van der Waals surface area contributed by atoms with Gasteiger partial charge in [0, 0.05) is 39.4 Å². The number of piperazine rings is 1. The first-order chi connectivity index (χ1) is 12.5. The normalized spacial score (nSPS) is 14.9. The van der Waals surface area contributed by atoms with Crippen molar-refractivity contribution in [2.24, 2.45) is 7.05 Å². The zero-order valence-electron chi connectivity index (χ0n) is 15.0. The molecule has 0 spiro atoms. The molecular formula is C17H20N8O. The number of hydrogen-bond donors (Lipinski definition) is 0.